The van der Waals surface area contributed by atoms with E-state index in [9.17, 15) is 9.90 Å². The first-order chi connectivity index (χ1) is 9.75. The van der Waals surface area contributed by atoms with Crippen molar-refractivity contribution in [2.24, 2.45) is 0 Å². The fraction of sp³-hybridized carbons (Fsp3) is 0.375. The van der Waals surface area contributed by atoms with E-state index < -0.39 is 0 Å². The summed E-state index contributed by atoms with van der Waals surface area (Å²) < 4.78 is 0. The molecule has 4 nitrogen and oxygen atoms in total. The molecule has 0 amide bonds. The summed E-state index contributed by atoms with van der Waals surface area (Å²) >= 11 is 0. The topological polar surface area (TPSA) is 66.0 Å². The SMILES string of the molecule is O=c1[nH]c(C2CCCCC2)nc(O)c1-c1ccccc1. The van der Waals surface area contributed by atoms with E-state index >= 15 is 0 Å². The van der Waals surface area contributed by atoms with Crippen molar-refractivity contribution < 1.29 is 5.11 Å². The van der Waals surface area contributed by atoms with Crippen molar-refractivity contribution >= 4 is 0 Å². The molecule has 1 aromatic carbocycles. The summed E-state index contributed by atoms with van der Waals surface area (Å²) in [5.74, 6) is 0.736. The Morgan fingerprint density at radius 3 is 2.45 bits per heavy atom. The lowest BCUT2D eigenvalue weighted by Gasteiger charge is -2.20. The van der Waals surface area contributed by atoms with Gasteiger partial charge in [0.2, 0.25) is 5.88 Å². The molecular weight excluding hydrogens is 252 g/mol. The van der Waals surface area contributed by atoms with E-state index in [-0.39, 0.29) is 22.9 Å². The Morgan fingerprint density at radius 2 is 1.80 bits per heavy atom. The van der Waals surface area contributed by atoms with Crippen LogP contribution in [0.4, 0.5) is 0 Å². The van der Waals surface area contributed by atoms with Crippen LogP contribution in [0, 0.1) is 0 Å². The molecule has 1 fully saturated rings. The first-order valence-electron chi connectivity index (χ1n) is 7.14. The molecule has 0 saturated heterocycles. The number of aromatic nitrogens is 2. The number of H-pyrrole nitrogens is 1. The fourth-order valence-corrected chi connectivity index (χ4v) is 2.91. The number of aromatic amines is 1. The number of nitrogens with one attached hydrogen (secondary N) is 1. The number of benzene rings is 1. The number of aromatic hydroxyl groups is 1. The van der Waals surface area contributed by atoms with Gasteiger partial charge in [0.05, 0.1) is 0 Å². The van der Waals surface area contributed by atoms with Gasteiger partial charge in [0, 0.05) is 5.92 Å². The lowest BCUT2D eigenvalue weighted by Crippen LogP contribution is -2.18. The summed E-state index contributed by atoms with van der Waals surface area (Å²) in [5.41, 5.74) is 0.684. The second-order valence-electron chi connectivity index (χ2n) is 5.35. The first kappa shape index (κ1) is 12.9. The minimum absolute atomic E-state index is 0.166. The zero-order valence-corrected chi connectivity index (χ0v) is 11.3. The predicted molar refractivity (Wildman–Crippen MR) is 77.8 cm³/mol. The molecule has 0 atom stereocenters. The standard InChI is InChI=1S/C16H18N2O2/c19-15-13(11-7-3-1-4-8-11)16(20)18-14(17-15)12-9-5-2-6-10-12/h1,3-4,7-8,12H,2,5-6,9-10H2,(H2,17,18,19,20). The molecule has 1 aromatic heterocycles. The second-order valence-corrected chi connectivity index (χ2v) is 5.35. The maximum absolute atomic E-state index is 12.2. The van der Waals surface area contributed by atoms with E-state index in [1.54, 1.807) is 12.1 Å². The molecule has 0 spiro atoms. The summed E-state index contributed by atoms with van der Waals surface area (Å²) in [6, 6.07) is 9.14. The van der Waals surface area contributed by atoms with Crippen molar-refractivity contribution in [1.82, 2.24) is 9.97 Å². The van der Waals surface area contributed by atoms with Gasteiger partial charge in [0.25, 0.3) is 5.56 Å². The zero-order valence-electron chi connectivity index (χ0n) is 11.3. The number of rotatable bonds is 2. The van der Waals surface area contributed by atoms with Crippen LogP contribution in [-0.4, -0.2) is 15.1 Å². The average molecular weight is 270 g/mol. The molecule has 2 N–H and O–H groups in total. The number of hydrogen-bond acceptors (Lipinski definition) is 3. The van der Waals surface area contributed by atoms with Crippen LogP contribution in [0.2, 0.25) is 0 Å². The fourth-order valence-electron chi connectivity index (χ4n) is 2.91. The van der Waals surface area contributed by atoms with Crippen LogP contribution in [-0.2, 0) is 0 Å². The Morgan fingerprint density at radius 1 is 1.10 bits per heavy atom. The minimum Gasteiger partial charge on any atom is -0.493 e. The van der Waals surface area contributed by atoms with Gasteiger partial charge in [-0.3, -0.25) is 4.79 Å². The molecule has 1 aliphatic rings. The molecule has 2 aromatic rings. The molecule has 0 bridgehead atoms. The van der Waals surface area contributed by atoms with E-state index in [4.69, 9.17) is 0 Å². The molecule has 1 heterocycles. The molecule has 0 radical (unpaired) electrons. The summed E-state index contributed by atoms with van der Waals surface area (Å²) in [5, 5.41) is 10.1. The Labute approximate surface area is 117 Å². The number of nitrogens with zero attached hydrogens (tertiary/aromatic N) is 1. The molecule has 0 aliphatic heterocycles. The lowest BCUT2D eigenvalue weighted by molar-refractivity contribution is 0.410. The summed E-state index contributed by atoms with van der Waals surface area (Å²) in [7, 11) is 0. The molecule has 1 saturated carbocycles. The van der Waals surface area contributed by atoms with E-state index in [2.05, 4.69) is 9.97 Å². The van der Waals surface area contributed by atoms with E-state index in [1.165, 1.54) is 6.42 Å². The largest absolute Gasteiger partial charge is 0.493 e. The highest BCUT2D eigenvalue weighted by atomic mass is 16.3. The molecule has 3 rings (SSSR count). The maximum Gasteiger partial charge on any atom is 0.262 e. The number of hydrogen-bond donors (Lipinski definition) is 2. The Balaban J connectivity index is 2.01. The van der Waals surface area contributed by atoms with Gasteiger partial charge in [-0.1, -0.05) is 49.6 Å². The third-order valence-corrected chi connectivity index (χ3v) is 3.97. The monoisotopic (exact) mass is 270 g/mol. The Bertz CT molecular complexity index is 643. The highest BCUT2D eigenvalue weighted by molar-refractivity contribution is 5.66. The van der Waals surface area contributed by atoms with Gasteiger partial charge in [-0.25, -0.2) is 0 Å². The smallest absolute Gasteiger partial charge is 0.262 e. The van der Waals surface area contributed by atoms with Crippen molar-refractivity contribution in [3.8, 4) is 17.0 Å². The average Bonchev–Trinajstić information content (AvgIpc) is 2.48. The predicted octanol–water partition coefficient (Wildman–Crippen LogP) is 3.19. The molecule has 4 heteroatoms. The minimum atomic E-state index is -0.260. The molecular formula is C16H18N2O2. The lowest BCUT2D eigenvalue weighted by atomic mass is 9.88. The molecule has 1 aliphatic carbocycles. The van der Waals surface area contributed by atoms with Gasteiger partial charge in [-0.05, 0) is 18.4 Å². The Kier molecular flexibility index (Phi) is 3.54. The van der Waals surface area contributed by atoms with Crippen LogP contribution in [0.15, 0.2) is 35.1 Å². The van der Waals surface area contributed by atoms with E-state index in [0.29, 0.717) is 11.4 Å². The van der Waals surface area contributed by atoms with Crippen LogP contribution < -0.4 is 5.56 Å². The highest BCUT2D eigenvalue weighted by Gasteiger charge is 2.20. The Hall–Kier alpha value is -2.10. The summed E-state index contributed by atoms with van der Waals surface area (Å²) in [6.07, 6.45) is 5.64. The van der Waals surface area contributed by atoms with Crippen molar-refractivity contribution in [2.75, 3.05) is 0 Å². The normalized spacial score (nSPS) is 16.2. The van der Waals surface area contributed by atoms with Crippen molar-refractivity contribution in [3.05, 3.63) is 46.5 Å². The van der Waals surface area contributed by atoms with Crippen molar-refractivity contribution in [2.45, 2.75) is 38.0 Å². The van der Waals surface area contributed by atoms with Crippen LogP contribution in [0.1, 0.15) is 43.8 Å². The van der Waals surface area contributed by atoms with E-state index in [0.717, 1.165) is 25.7 Å². The van der Waals surface area contributed by atoms with Gasteiger partial charge >= 0.3 is 0 Å². The van der Waals surface area contributed by atoms with Crippen molar-refractivity contribution in [1.29, 1.82) is 0 Å². The van der Waals surface area contributed by atoms with Crippen LogP contribution in [0.3, 0.4) is 0 Å². The van der Waals surface area contributed by atoms with Gasteiger partial charge in [-0.15, -0.1) is 0 Å². The van der Waals surface area contributed by atoms with Gasteiger partial charge in [-0.2, -0.15) is 4.98 Å². The second kappa shape index (κ2) is 5.49. The van der Waals surface area contributed by atoms with Crippen molar-refractivity contribution in [3.63, 3.8) is 0 Å². The van der Waals surface area contributed by atoms with Gasteiger partial charge in [0.15, 0.2) is 0 Å². The third-order valence-electron chi connectivity index (χ3n) is 3.97. The zero-order chi connectivity index (χ0) is 13.9. The van der Waals surface area contributed by atoms with E-state index in [1.807, 2.05) is 18.2 Å². The highest BCUT2D eigenvalue weighted by Crippen LogP contribution is 2.32. The third kappa shape index (κ3) is 2.46. The van der Waals surface area contributed by atoms with Crippen LogP contribution in [0.25, 0.3) is 11.1 Å². The van der Waals surface area contributed by atoms with Gasteiger partial charge < -0.3 is 10.1 Å². The quantitative estimate of drug-likeness (QED) is 0.880. The van der Waals surface area contributed by atoms with Gasteiger partial charge in [0.1, 0.15) is 11.4 Å². The van der Waals surface area contributed by atoms with Crippen LogP contribution >= 0.6 is 0 Å². The molecule has 104 valence electrons. The molecule has 0 unspecified atom stereocenters. The van der Waals surface area contributed by atoms with Crippen LogP contribution in [0.5, 0.6) is 5.88 Å². The molecule has 20 heavy (non-hydrogen) atoms. The first-order valence-corrected chi connectivity index (χ1v) is 7.14. The maximum atomic E-state index is 12.2. The summed E-state index contributed by atoms with van der Waals surface area (Å²) in [4.78, 5) is 19.3. The summed E-state index contributed by atoms with van der Waals surface area (Å²) in [6.45, 7) is 0.